The number of hydrogen-bond acceptors (Lipinski definition) is 2. The van der Waals surface area contributed by atoms with Crippen molar-refractivity contribution >= 4 is 5.91 Å². The standard InChI is InChI=1S/C15H17N3O/c1-15(2,3)13-12-8-16-14(19)10-6-4-5-7-11(10)18(12)9-17-13/h4-7,9H,8H2,1-3H3,(H,16,19). The van der Waals surface area contributed by atoms with Gasteiger partial charge >= 0.3 is 0 Å². The fraction of sp³-hybridized carbons (Fsp3) is 0.333. The molecule has 3 rings (SSSR count). The van der Waals surface area contributed by atoms with Crippen molar-refractivity contribution in [1.82, 2.24) is 14.9 Å². The van der Waals surface area contributed by atoms with Gasteiger partial charge in [0.1, 0.15) is 0 Å². The van der Waals surface area contributed by atoms with E-state index in [4.69, 9.17) is 0 Å². The number of hydrogen-bond donors (Lipinski definition) is 1. The second-order valence-electron chi connectivity index (χ2n) is 5.86. The first kappa shape index (κ1) is 12.0. The van der Waals surface area contributed by atoms with Gasteiger partial charge in [-0.15, -0.1) is 0 Å². The lowest BCUT2D eigenvalue weighted by Crippen LogP contribution is -2.23. The van der Waals surface area contributed by atoms with Crippen molar-refractivity contribution in [2.45, 2.75) is 32.7 Å². The fourth-order valence-electron chi connectivity index (χ4n) is 2.51. The molecular formula is C15H17N3O. The summed E-state index contributed by atoms with van der Waals surface area (Å²) in [6, 6.07) is 7.62. The predicted octanol–water partition coefficient (Wildman–Crippen LogP) is 2.41. The van der Waals surface area contributed by atoms with Gasteiger partial charge in [0.05, 0.1) is 35.5 Å². The van der Waals surface area contributed by atoms with Crippen LogP contribution in [0.5, 0.6) is 0 Å². The van der Waals surface area contributed by atoms with Crippen LogP contribution in [0.15, 0.2) is 30.6 Å². The van der Waals surface area contributed by atoms with Crippen LogP contribution in [0.3, 0.4) is 0 Å². The van der Waals surface area contributed by atoms with E-state index in [0.717, 1.165) is 17.1 Å². The molecule has 0 fully saturated rings. The summed E-state index contributed by atoms with van der Waals surface area (Å²) in [6.07, 6.45) is 1.81. The molecule has 1 aliphatic rings. The van der Waals surface area contributed by atoms with Crippen LogP contribution in [-0.4, -0.2) is 15.5 Å². The predicted molar refractivity (Wildman–Crippen MR) is 73.4 cm³/mol. The highest BCUT2D eigenvalue weighted by molar-refractivity contribution is 5.98. The van der Waals surface area contributed by atoms with Crippen LogP contribution < -0.4 is 5.32 Å². The SMILES string of the molecule is CC(C)(C)c1ncn2c1CNC(=O)c1ccccc1-2. The summed E-state index contributed by atoms with van der Waals surface area (Å²) in [4.78, 5) is 16.6. The van der Waals surface area contributed by atoms with E-state index in [0.29, 0.717) is 12.1 Å². The zero-order chi connectivity index (χ0) is 13.6. The van der Waals surface area contributed by atoms with Gasteiger partial charge in [0, 0.05) is 5.41 Å². The summed E-state index contributed by atoms with van der Waals surface area (Å²) >= 11 is 0. The van der Waals surface area contributed by atoms with E-state index in [9.17, 15) is 4.79 Å². The molecule has 4 nitrogen and oxygen atoms in total. The lowest BCUT2D eigenvalue weighted by atomic mass is 9.90. The van der Waals surface area contributed by atoms with Gasteiger partial charge < -0.3 is 9.88 Å². The Kier molecular flexibility index (Phi) is 2.49. The molecule has 1 aromatic heterocycles. The van der Waals surface area contributed by atoms with Gasteiger partial charge in [0.15, 0.2) is 0 Å². The molecule has 2 heterocycles. The zero-order valence-corrected chi connectivity index (χ0v) is 11.4. The minimum absolute atomic E-state index is 0.0286. The molecule has 4 heteroatoms. The molecule has 0 atom stereocenters. The molecule has 0 spiro atoms. The van der Waals surface area contributed by atoms with Crippen LogP contribution in [0, 0.1) is 0 Å². The Balaban J connectivity index is 2.26. The van der Waals surface area contributed by atoms with Gasteiger partial charge in [0.2, 0.25) is 0 Å². The smallest absolute Gasteiger partial charge is 0.253 e. The Morgan fingerprint density at radius 3 is 2.74 bits per heavy atom. The van der Waals surface area contributed by atoms with Crippen molar-refractivity contribution in [1.29, 1.82) is 0 Å². The lowest BCUT2D eigenvalue weighted by Gasteiger charge is -2.18. The fourth-order valence-corrected chi connectivity index (χ4v) is 2.51. The van der Waals surface area contributed by atoms with E-state index in [1.807, 2.05) is 35.2 Å². The number of carbonyl (C=O) groups is 1. The van der Waals surface area contributed by atoms with Gasteiger partial charge in [0.25, 0.3) is 5.91 Å². The van der Waals surface area contributed by atoms with Gasteiger partial charge in [-0.3, -0.25) is 4.79 Å². The maximum absolute atomic E-state index is 12.1. The number of rotatable bonds is 0. The van der Waals surface area contributed by atoms with Crippen LogP contribution >= 0.6 is 0 Å². The number of aromatic nitrogens is 2. The third-order valence-corrected chi connectivity index (χ3v) is 3.40. The Hall–Kier alpha value is -2.10. The molecule has 0 bridgehead atoms. The number of benzene rings is 1. The first-order chi connectivity index (χ1) is 8.98. The van der Waals surface area contributed by atoms with Crippen molar-refractivity contribution in [3.05, 3.63) is 47.5 Å². The molecule has 1 aromatic carbocycles. The Morgan fingerprint density at radius 1 is 1.26 bits per heavy atom. The van der Waals surface area contributed by atoms with Crippen LogP contribution in [0.1, 0.15) is 42.5 Å². The first-order valence-electron chi connectivity index (χ1n) is 6.43. The Bertz CT molecular complexity index is 650. The number of amides is 1. The zero-order valence-electron chi connectivity index (χ0n) is 11.4. The topological polar surface area (TPSA) is 46.9 Å². The van der Waals surface area contributed by atoms with Crippen LogP contribution in [0.25, 0.3) is 5.69 Å². The minimum atomic E-state index is -0.0371. The van der Waals surface area contributed by atoms with Gasteiger partial charge in [-0.2, -0.15) is 0 Å². The highest BCUT2D eigenvalue weighted by atomic mass is 16.1. The summed E-state index contributed by atoms with van der Waals surface area (Å²) in [6.45, 7) is 6.92. The number of nitrogens with zero attached hydrogens (tertiary/aromatic N) is 2. The molecule has 98 valence electrons. The molecular weight excluding hydrogens is 238 g/mol. The number of imidazole rings is 1. The van der Waals surface area contributed by atoms with E-state index in [-0.39, 0.29) is 11.3 Å². The molecule has 0 radical (unpaired) electrons. The Morgan fingerprint density at radius 2 is 2.00 bits per heavy atom. The molecule has 19 heavy (non-hydrogen) atoms. The van der Waals surface area contributed by atoms with Gasteiger partial charge in [-0.05, 0) is 12.1 Å². The molecule has 0 saturated heterocycles. The number of nitrogens with one attached hydrogen (secondary N) is 1. The highest BCUT2D eigenvalue weighted by Gasteiger charge is 2.27. The summed E-state index contributed by atoms with van der Waals surface area (Å²) < 4.78 is 2.02. The van der Waals surface area contributed by atoms with Crippen LogP contribution in [-0.2, 0) is 12.0 Å². The van der Waals surface area contributed by atoms with Crippen molar-refractivity contribution in [2.75, 3.05) is 0 Å². The average molecular weight is 255 g/mol. The average Bonchev–Trinajstić information content (AvgIpc) is 2.74. The maximum atomic E-state index is 12.1. The van der Waals surface area contributed by atoms with Crippen molar-refractivity contribution in [3.63, 3.8) is 0 Å². The van der Waals surface area contributed by atoms with Crippen LogP contribution in [0.2, 0.25) is 0 Å². The lowest BCUT2D eigenvalue weighted by molar-refractivity contribution is 0.0952. The van der Waals surface area contributed by atoms with E-state index >= 15 is 0 Å². The van der Waals surface area contributed by atoms with E-state index < -0.39 is 0 Å². The van der Waals surface area contributed by atoms with E-state index in [1.165, 1.54) is 0 Å². The highest BCUT2D eigenvalue weighted by Crippen LogP contribution is 2.28. The van der Waals surface area contributed by atoms with E-state index in [2.05, 4.69) is 31.1 Å². The number of carbonyl (C=O) groups excluding carboxylic acids is 1. The molecule has 2 aromatic rings. The molecule has 1 N–H and O–H groups in total. The first-order valence-corrected chi connectivity index (χ1v) is 6.43. The summed E-state index contributed by atoms with van der Waals surface area (Å²) in [5.74, 6) is -0.0286. The van der Waals surface area contributed by atoms with Crippen molar-refractivity contribution < 1.29 is 4.79 Å². The van der Waals surface area contributed by atoms with Gasteiger partial charge in [-0.25, -0.2) is 4.98 Å². The molecule has 0 aliphatic carbocycles. The summed E-state index contributed by atoms with van der Waals surface area (Å²) in [7, 11) is 0. The third kappa shape index (κ3) is 1.84. The summed E-state index contributed by atoms with van der Waals surface area (Å²) in [5, 5.41) is 2.96. The van der Waals surface area contributed by atoms with Crippen molar-refractivity contribution in [2.24, 2.45) is 0 Å². The van der Waals surface area contributed by atoms with Gasteiger partial charge in [-0.1, -0.05) is 32.9 Å². The Labute approximate surface area is 112 Å². The number of para-hydroxylation sites is 1. The normalized spacial score (nSPS) is 14.4. The minimum Gasteiger partial charge on any atom is -0.346 e. The van der Waals surface area contributed by atoms with Crippen molar-refractivity contribution in [3.8, 4) is 5.69 Å². The second-order valence-corrected chi connectivity index (χ2v) is 5.86. The monoisotopic (exact) mass is 255 g/mol. The molecule has 1 amide bonds. The molecule has 0 unspecified atom stereocenters. The quantitative estimate of drug-likeness (QED) is 0.785. The molecule has 1 aliphatic heterocycles. The number of fused-ring (bicyclic) bond motifs is 3. The largest absolute Gasteiger partial charge is 0.346 e. The molecule has 0 saturated carbocycles. The second kappa shape index (κ2) is 3.95. The van der Waals surface area contributed by atoms with Crippen LogP contribution in [0.4, 0.5) is 0 Å². The maximum Gasteiger partial charge on any atom is 0.253 e. The summed E-state index contributed by atoms with van der Waals surface area (Å²) in [5.41, 5.74) is 3.65. The van der Waals surface area contributed by atoms with E-state index in [1.54, 1.807) is 0 Å². The third-order valence-electron chi connectivity index (χ3n) is 3.40.